The van der Waals surface area contributed by atoms with Crippen molar-refractivity contribution in [1.82, 2.24) is 0 Å². The number of benzene rings is 1. The third-order valence-electron chi connectivity index (χ3n) is 2.32. The van der Waals surface area contributed by atoms with E-state index in [0.717, 1.165) is 23.3 Å². The van der Waals surface area contributed by atoms with Crippen LogP contribution in [0.4, 0.5) is 0 Å². The van der Waals surface area contributed by atoms with E-state index in [9.17, 15) is 4.79 Å². The molecule has 0 aromatic heterocycles. The molecule has 3 heteroatoms. The molecule has 0 unspecified atom stereocenters. The standard InChI is InChI=1S/C14H18O2S/c1-12(16)17-11-5-4-8-13-6-2-3-7-14(13)9-10-15/h2-4,6-8,15H,5,9-11H2,1H3. The maximum Gasteiger partial charge on any atom is 0.185 e. The second-order valence-corrected chi connectivity index (χ2v) is 4.98. The van der Waals surface area contributed by atoms with Crippen LogP contribution in [0.3, 0.4) is 0 Å². The zero-order valence-electron chi connectivity index (χ0n) is 10.1. The van der Waals surface area contributed by atoms with Gasteiger partial charge in [0.1, 0.15) is 0 Å². The van der Waals surface area contributed by atoms with Crippen LogP contribution in [0, 0.1) is 0 Å². The van der Waals surface area contributed by atoms with Gasteiger partial charge in [0.25, 0.3) is 0 Å². The normalized spacial score (nSPS) is 10.9. The lowest BCUT2D eigenvalue weighted by Crippen LogP contribution is -1.93. The predicted molar refractivity (Wildman–Crippen MR) is 74.0 cm³/mol. The summed E-state index contributed by atoms with van der Waals surface area (Å²) in [6.45, 7) is 1.76. The predicted octanol–water partition coefficient (Wildman–Crippen LogP) is 2.90. The molecule has 0 atom stereocenters. The van der Waals surface area contributed by atoms with E-state index in [1.54, 1.807) is 6.92 Å². The van der Waals surface area contributed by atoms with E-state index in [4.69, 9.17) is 5.11 Å². The molecule has 0 aliphatic heterocycles. The van der Waals surface area contributed by atoms with Gasteiger partial charge in [-0.1, -0.05) is 48.2 Å². The number of aliphatic hydroxyl groups excluding tert-OH is 1. The van der Waals surface area contributed by atoms with Gasteiger partial charge in [-0.3, -0.25) is 4.79 Å². The van der Waals surface area contributed by atoms with Crippen molar-refractivity contribution in [2.75, 3.05) is 12.4 Å². The van der Waals surface area contributed by atoms with E-state index in [0.29, 0.717) is 6.42 Å². The first kappa shape index (κ1) is 14.0. The summed E-state index contributed by atoms with van der Waals surface area (Å²) in [5.74, 6) is 0.827. The third-order valence-corrected chi connectivity index (χ3v) is 3.17. The Morgan fingerprint density at radius 2 is 2.18 bits per heavy atom. The van der Waals surface area contributed by atoms with Crippen LogP contribution in [-0.2, 0) is 11.2 Å². The Balaban J connectivity index is 2.49. The number of aliphatic hydroxyl groups is 1. The molecule has 1 rings (SSSR count). The highest BCUT2D eigenvalue weighted by Gasteiger charge is 1.97. The van der Waals surface area contributed by atoms with Crippen LogP contribution in [0.15, 0.2) is 30.3 Å². The molecular weight excluding hydrogens is 232 g/mol. The first-order valence-corrected chi connectivity index (χ1v) is 6.71. The number of hydrogen-bond donors (Lipinski definition) is 1. The van der Waals surface area contributed by atoms with Gasteiger partial charge in [-0.15, -0.1) is 0 Å². The second-order valence-electron chi connectivity index (χ2n) is 3.70. The fourth-order valence-electron chi connectivity index (χ4n) is 1.53. The molecule has 1 N–H and O–H groups in total. The number of carbonyl (C=O) groups is 1. The zero-order chi connectivity index (χ0) is 12.5. The molecule has 0 aliphatic rings. The first-order valence-electron chi connectivity index (χ1n) is 5.72. The van der Waals surface area contributed by atoms with Gasteiger partial charge < -0.3 is 5.11 Å². The molecule has 0 amide bonds. The molecule has 1 aromatic rings. The second kappa shape index (κ2) is 8.09. The van der Waals surface area contributed by atoms with Crippen molar-refractivity contribution in [3.63, 3.8) is 0 Å². The van der Waals surface area contributed by atoms with Crippen molar-refractivity contribution >= 4 is 23.0 Å². The van der Waals surface area contributed by atoms with Gasteiger partial charge in [0, 0.05) is 19.3 Å². The van der Waals surface area contributed by atoms with Gasteiger partial charge >= 0.3 is 0 Å². The number of carbonyl (C=O) groups excluding carboxylic acids is 1. The van der Waals surface area contributed by atoms with E-state index < -0.39 is 0 Å². The summed E-state index contributed by atoms with van der Waals surface area (Å²) >= 11 is 1.35. The van der Waals surface area contributed by atoms with Gasteiger partial charge in [-0.25, -0.2) is 0 Å². The van der Waals surface area contributed by atoms with Crippen LogP contribution in [-0.4, -0.2) is 22.6 Å². The third kappa shape index (κ3) is 5.71. The Labute approximate surface area is 107 Å². The number of rotatable bonds is 6. The summed E-state index contributed by atoms with van der Waals surface area (Å²) in [5.41, 5.74) is 2.31. The highest BCUT2D eigenvalue weighted by molar-refractivity contribution is 8.13. The van der Waals surface area contributed by atoms with Crippen LogP contribution >= 0.6 is 11.8 Å². The molecule has 0 saturated carbocycles. The zero-order valence-corrected chi connectivity index (χ0v) is 10.9. The minimum absolute atomic E-state index is 0.166. The summed E-state index contributed by atoms with van der Waals surface area (Å²) in [6.07, 6.45) is 5.71. The molecule has 0 aliphatic carbocycles. The topological polar surface area (TPSA) is 37.3 Å². The van der Waals surface area contributed by atoms with E-state index in [1.165, 1.54) is 11.8 Å². The van der Waals surface area contributed by atoms with Crippen LogP contribution in [0.5, 0.6) is 0 Å². The average molecular weight is 250 g/mol. The monoisotopic (exact) mass is 250 g/mol. The van der Waals surface area contributed by atoms with Crippen molar-refractivity contribution in [3.05, 3.63) is 41.5 Å². The van der Waals surface area contributed by atoms with Gasteiger partial charge in [0.15, 0.2) is 5.12 Å². The number of hydrogen-bond acceptors (Lipinski definition) is 3. The first-order chi connectivity index (χ1) is 8.24. The molecule has 0 spiro atoms. The molecule has 0 fully saturated rings. The Morgan fingerprint density at radius 1 is 1.41 bits per heavy atom. The van der Waals surface area contributed by atoms with Crippen molar-refractivity contribution in [2.45, 2.75) is 19.8 Å². The fraction of sp³-hybridized carbons (Fsp3) is 0.357. The minimum atomic E-state index is 0.166. The minimum Gasteiger partial charge on any atom is -0.396 e. The van der Waals surface area contributed by atoms with Crippen LogP contribution < -0.4 is 0 Å². The van der Waals surface area contributed by atoms with E-state index >= 15 is 0 Å². The van der Waals surface area contributed by atoms with Crippen LogP contribution in [0.2, 0.25) is 0 Å². The molecule has 2 nitrogen and oxygen atoms in total. The highest BCUT2D eigenvalue weighted by atomic mass is 32.2. The number of allylic oxidation sites excluding steroid dienone is 1. The van der Waals surface area contributed by atoms with Crippen molar-refractivity contribution < 1.29 is 9.90 Å². The summed E-state index contributed by atoms with van der Waals surface area (Å²) in [5, 5.41) is 9.12. The Morgan fingerprint density at radius 3 is 2.88 bits per heavy atom. The Hall–Kier alpha value is -1.06. The van der Waals surface area contributed by atoms with Gasteiger partial charge in [0.2, 0.25) is 0 Å². The maximum absolute atomic E-state index is 10.7. The summed E-state index contributed by atoms with van der Waals surface area (Å²) < 4.78 is 0. The number of thioether (sulfide) groups is 1. The average Bonchev–Trinajstić information content (AvgIpc) is 2.31. The molecular formula is C14H18O2S. The Bertz CT molecular complexity index is 386. The lowest BCUT2D eigenvalue weighted by Gasteiger charge is -2.03. The van der Waals surface area contributed by atoms with Gasteiger partial charge in [0.05, 0.1) is 0 Å². The molecule has 0 heterocycles. The van der Waals surface area contributed by atoms with E-state index in [2.05, 4.69) is 12.2 Å². The largest absolute Gasteiger partial charge is 0.396 e. The molecule has 0 bridgehead atoms. The summed E-state index contributed by atoms with van der Waals surface area (Å²) in [4.78, 5) is 10.7. The molecule has 92 valence electrons. The lowest BCUT2D eigenvalue weighted by atomic mass is 10.0. The summed E-state index contributed by atoms with van der Waals surface area (Å²) in [6, 6.07) is 8.04. The van der Waals surface area contributed by atoms with Crippen LogP contribution in [0.1, 0.15) is 24.5 Å². The van der Waals surface area contributed by atoms with Crippen molar-refractivity contribution in [1.29, 1.82) is 0 Å². The van der Waals surface area contributed by atoms with Crippen molar-refractivity contribution in [2.24, 2.45) is 0 Å². The van der Waals surface area contributed by atoms with Crippen LogP contribution in [0.25, 0.3) is 6.08 Å². The fourth-order valence-corrected chi connectivity index (χ4v) is 2.07. The van der Waals surface area contributed by atoms with E-state index in [-0.39, 0.29) is 11.7 Å². The molecule has 0 saturated heterocycles. The van der Waals surface area contributed by atoms with Gasteiger partial charge in [-0.2, -0.15) is 0 Å². The highest BCUT2D eigenvalue weighted by Crippen LogP contribution is 2.12. The van der Waals surface area contributed by atoms with Crippen molar-refractivity contribution in [3.8, 4) is 0 Å². The molecule has 1 aromatic carbocycles. The van der Waals surface area contributed by atoms with E-state index in [1.807, 2.05) is 24.3 Å². The maximum atomic E-state index is 10.7. The quantitative estimate of drug-likeness (QED) is 0.789. The van der Waals surface area contributed by atoms with Gasteiger partial charge in [-0.05, 0) is 24.0 Å². The Kier molecular flexibility index (Phi) is 6.67. The SMILES string of the molecule is CC(=O)SCCC=Cc1ccccc1CCO. The smallest absolute Gasteiger partial charge is 0.185 e. The lowest BCUT2D eigenvalue weighted by molar-refractivity contribution is -0.109. The summed E-state index contributed by atoms with van der Waals surface area (Å²) in [7, 11) is 0. The molecule has 17 heavy (non-hydrogen) atoms. The molecule has 0 radical (unpaired) electrons.